The van der Waals surface area contributed by atoms with Crippen LogP contribution in [0.15, 0.2) is 0 Å². The molecule has 1 aromatic rings. The average Bonchev–Trinajstić information content (AvgIpc) is 2.95. The zero-order valence-electron chi connectivity index (χ0n) is 9.50. The largest absolute Gasteiger partial charge is 0.329 e. The minimum absolute atomic E-state index is 0.0124. The molecule has 18 heavy (non-hydrogen) atoms. The van der Waals surface area contributed by atoms with Gasteiger partial charge in [0.2, 0.25) is 16.3 Å². The summed E-state index contributed by atoms with van der Waals surface area (Å²) in [5.74, 6) is 0.0335. The molecule has 2 aliphatic rings. The summed E-state index contributed by atoms with van der Waals surface area (Å²) in [5, 5.41) is 8.23. The molecule has 2 amide bonds. The van der Waals surface area contributed by atoms with Crippen LogP contribution in [0.4, 0.5) is 0 Å². The van der Waals surface area contributed by atoms with Gasteiger partial charge >= 0.3 is 0 Å². The summed E-state index contributed by atoms with van der Waals surface area (Å²) in [6, 6.07) is -0.269. The lowest BCUT2D eigenvalue weighted by molar-refractivity contribution is -0.154. The zero-order valence-corrected chi connectivity index (χ0v) is 11.1. The molecule has 1 aromatic heterocycles. The molecule has 2 saturated heterocycles. The van der Waals surface area contributed by atoms with Crippen molar-refractivity contribution in [3.8, 4) is 0 Å². The third-order valence-electron chi connectivity index (χ3n) is 3.26. The number of carbonyl (C=O) groups is 2. The predicted octanol–water partition coefficient (Wildman–Crippen LogP) is 0.525. The molecule has 0 N–H and O–H groups in total. The van der Waals surface area contributed by atoms with Crippen LogP contribution < -0.4 is 0 Å². The summed E-state index contributed by atoms with van der Waals surface area (Å²) in [6.45, 7) is 1.15. The van der Waals surface area contributed by atoms with Crippen molar-refractivity contribution in [3.05, 3.63) is 9.47 Å². The number of aromatic nitrogens is 2. The second-order valence-corrected chi connectivity index (χ2v) is 6.03. The van der Waals surface area contributed by atoms with Crippen molar-refractivity contribution in [1.29, 1.82) is 0 Å². The molecular formula is C10H11ClN4O2S. The van der Waals surface area contributed by atoms with E-state index in [4.69, 9.17) is 11.6 Å². The molecule has 0 aromatic carbocycles. The number of halogens is 1. The molecule has 8 heteroatoms. The maximum atomic E-state index is 12.2. The number of nitrogens with zero attached hydrogens (tertiary/aromatic N) is 4. The van der Waals surface area contributed by atoms with Gasteiger partial charge in [-0.05, 0) is 24.4 Å². The first-order valence-electron chi connectivity index (χ1n) is 5.71. The topological polar surface area (TPSA) is 66.4 Å². The van der Waals surface area contributed by atoms with Crippen LogP contribution in [-0.2, 0) is 16.1 Å². The molecule has 0 saturated carbocycles. The lowest BCUT2D eigenvalue weighted by Gasteiger charge is -2.35. The Morgan fingerprint density at radius 1 is 1.39 bits per heavy atom. The van der Waals surface area contributed by atoms with Crippen LogP contribution in [0, 0.1) is 0 Å². The van der Waals surface area contributed by atoms with Crippen LogP contribution >= 0.6 is 22.9 Å². The molecule has 0 bridgehead atoms. The zero-order chi connectivity index (χ0) is 12.7. The number of rotatable bonds is 2. The van der Waals surface area contributed by atoms with E-state index >= 15 is 0 Å². The first-order chi connectivity index (χ1) is 8.65. The first kappa shape index (κ1) is 11.9. The van der Waals surface area contributed by atoms with E-state index in [-0.39, 0.29) is 24.4 Å². The Balaban J connectivity index is 1.76. The highest BCUT2D eigenvalue weighted by Crippen LogP contribution is 2.25. The molecule has 2 fully saturated rings. The van der Waals surface area contributed by atoms with E-state index in [9.17, 15) is 9.59 Å². The lowest BCUT2D eigenvalue weighted by Crippen LogP contribution is -2.56. The highest BCUT2D eigenvalue weighted by atomic mass is 35.5. The van der Waals surface area contributed by atoms with Crippen molar-refractivity contribution in [2.45, 2.75) is 25.4 Å². The molecule has 3 heterocycles. The van der Waals surface area contributed by atoms with E-state index in [1.807, 2.05) is 0 Å². The van der Waals surface area contributed by atoms with E-state index in [1.165, 1.54) is 11.3 Å². The second-order valence-electron chi connectivity index (χ2n) is 4.39. The van der Waals surface area contributed by atoms with Gasteiger partial charge in [-0.25, -0.2) is 0 Å². The van der Waals surface area contributed by atoms with Gasteiger partial charge in [0.25, 0.3) is 0 Å². The van der Waals surface area contributed by atoms with Crippen LogP contribution in [0.2, 0.25) is 4.47 Å². The van der Waals surface area contributed by atoms with Gasteiger partial charge in [-0.2, -0.15) is 0 Å². The Hall–Kier alpha value is -1.21. The third-order valence-corrected chi connectivity index (χ3v) is 4.27. The van der Waals surface area contributed by atoms with E-state index in [0.717, 1.165) is 12.8 Å². The minimum atomic E-state index is -0.269. The Bertz CT molecular complexity index is 506. The molecule has 6 nitrogen and oxygen atoms in total. The molecule has 96 valence electrons. The highest BCUT2D eigenvalue weighted by molar-refractivity contribution is 7.15. The monoisotopic (exact) mass is 286 g/mol. The van der Waals surface area contributed by atoms with Gasteiger partial charge in [-0.1, -0.05) is 11.3 Å². The fourth-order valence-electron chi connectivity index (χ4n) is 2.46. The minimum Gasteiger partial charge on any atom is -0.329 e. The summed E-state index contributed by atoms with van der Waals surface area (Å²) in [7, 11) is 0. The molecule has 3 rings (SSSR count). The van der Waals surface area contributed by atoms with E-state index in [0.29, 0.717) is 22.6 Å². The van der Waals surface area contributed by atoms with E-state index in [1.54, 1.807) is 9.80 Å². The molecule has 1 unspecified atom stereocenters. The van der Waals surface area contributed by atoms with E-state index in [2.05, 4.69) is 10.2 Å². The van der Waals surface area contributed by atoms with Gasteiger partial charge in [0.15, 0.2) is 0 Å². The Kier molecular flexibility index (Phi) is 2.95. The van der Waals surface area contributed by atoms with Gasteiger partial charge in [0.05, 0.1) is 6.54 Å². The Morgan fingerprint density at radius 2 is 2.22 bits per heavy atom. The first-order valence-corrected chi connectivity index (χ1v) is 6.91. The van der Waals surface area contributed by atoms with Crippen molar-refractivity contribution in [1.82, 2.24) is 20.0 Å². The number of hydrogen-bond acceptors (Lipinski definition) is 5. The quantitative estimate of drug-likeness (QED) is 0.795. The smallest absolute Gasteiger partial charge is 0.246 e. The number of carbonyl (C=O) groups excluding carboxylic acids is 2. The number of piperazine rings is 1. The highest BCUT2D eigenvalue weighted by Gasteiger charge is 2.41. The van der Waals surface area contributed by atoms with Crippen LogP contribution in [0.1, 0.15) is 17.8 Å². The van der Waals surface area contributed by atoms with Crippen molar-refractivity contribution in [3.63, 3.8) is 0 Å². The molecule has 2 aliphatic heterocycles. The van der Waals surface area contributed by atoms with Gasteiger partial charge in [0, 0.05) is 6.54 Å². The SMILES string of the molecule is O=C1C2CCCN2C(=O)CN1Cc1nnc(Cl)s1. The van der Waals surface area contributed by atoms with Crippen LogP contribution in [0.5, 0.6) is 0 Å². The summed E-state index contributed by atoms with van der Waals surface area (Å²) in [4.78, 5) is 27.4. The maximum Gasteiger partial charge on any atom is 0.246 e. The number of fused-ring (bicyclic) bond motifs is 1. The molecule has 0 spiro atoms. The molecule has 0 radical (unpaired) electrons. The van der Waals surface area contributed by atoms with Crippen LogP contribution in [-0.4, -0.2) is 50.9 Å². The summed E-state index contributed by atoms with van der Waals surface area (Å²) < 4.78 is 0.350. The average molecular weight is 287 g/mol. The third kappa shape index (κ3) is 1.97. The summed E-state index contributed by atoms with van der Waals surface area (Å²) >= 11 is 6.93. The normalized spacial score (nSPS) is 23.7. The summed E-state index contributed by atoms with van der Waals surface area (Å²) in [6.07, 6.45) is 1.67. The van der Waals surface area contributed by atoms with Crippen LogP contribution in [0.25, 0.3) is 0 Å². The molecule has 1 atom stereocenters. The number of hydrogen-bond donors (Lipinski definition) is 0. The van der Waals surface area contributed by atoms with Gasteiger partial charge < -0.3 is 9.80 Å². The molecular weight excluding hydrogens is 276 g/mol. The lowest BCUT2D eigenvalue weighted by atomic mass is 10.1. The van der Waals surface area contributed by atoms with Crippen molar-refractivity contribution >= 4 is 34.8 Å². The standard InChI is InChI=1S/C10H11ClN4O2S/c11-10-13-12-7(18-10)4-14-5-8(16)15-3-1-2-6(15)9(14)17/h6H,1-5H2. The second kappa shape index (κ2) is 4.47. The van der Waals surface area contributed by atoms with Crippen molar-refractivity contribution < 1.29 is 9.59 Å². The van der Waals surface area contributed by atoms with Crippen molar-refractivity contribution in [2.24, 2.45) is 0 Å². The Labute approximate surface area is 113 Å². The Morgan fingerprint density at radius 3 is 2.94 bits per heavy atom. The summed E-state index contributed by atoms with van der Waals surface area (Å²) in [5.41, 5.74) is 0. The predicted molar refractivity (Wildman–Crippen MR) is 65.1 cm³/mol. The van der Waals surface area contributed by atoms with Crippen molar-refractivity contribution in [2.75, 3.05) is 13.1 Å². The van der Waals surface area contributed by atoms with E-state index < -0.39 is 0 Å². The number of amides is 2. The fourth-order valence-corrected chi connectivity index (χ4v) is 3.34. The molecule has 0 aliphatic carbocycles. The van der Waals surface area contributed by atoms with Gasteiger partial charge in [-0.15, -0.1) is 10.2 Å². The fraction of sp³-hybridized carbons (Fsp3) is 0.600. The maximum absolute atomic E-state index is 12.2. The van der Waals surface area contributed by atoms with Crippen LogP contribution in [0.3, 0.4) is 0 Å². The van der Waals surface area contributed by atoms with Gasteiger partial charge in [-0.3, -0.25) is 9.59 Å². The van der Waals surface area contributed by atoms with Gasteiger partial charge in [0.1, 0.15) is 17.6 Å².